The first-order valence-corrected chi connectivity index (χ1v) is 7.31. The molecule has 0 aromatic heterocycles. The normalized spacial score (nSPS) is 30.1. The highest BCUT2D eigenvalue weighted by molar-refractivity contribution is 5.91. The Hall–Kier alpha value is -1.10. The van der Waals surface area contributed by atoms with E-state index in [0.29, 0.717) is 19.6 Å². The van der Waals surface area contributed by atoms with E-state index < -0.39 is 6.10 Å². The molecule has 3 aliphatic rings. The van der Waals surface area contributed by atoms with Crippen molar-refractivity contribution in [2.45, 2.75) is 57.2 Å². The lowest BCUT2D eigenvalue weighted by Gasteiger charge is -2.45. The van der Waals surface area contributed by atoms with Gasteiger partial charge in [0.2, 0.25) is 6.10 Å². The van der Waals surface area contributed by atoms with Crippen molar-refractivity contribution < 1.29 is 14.4 Å². The van der Waals surface area contributed by atoms with Crippen molar-refractivity contribution in [1.29, 1.82) is 0 Å². The van der Waals surface area contributed by atoms with Crippen LogP contribution in [0.15, 0.2) is 5.16 Å². The Bertz CT molecular complexity index is 383. The van der Waals surface area contributed by atoms with Gasteiger partial charge in [-0.15, -0.1) is 0 Å². The number of rotatable bonds is 1. The topological polar surface area (TPSA) is 51.1 Å². The summed E-state index contributed by atoms with van der Waals surface area (Å²) < 4.78 is 6.01. The summed E-state index contributed by atoms with van der Waals surface area (Å²) >= 11 is 0. The van der Waals surface area contributed by atoms with E-state index in [9.17, 15) is 4.79 Å². The second-order valence-corrected chi connectivity index (χ2v) is 5.98. The molecule has 1 atom stereocenters. The van der Waals surface area contributed by atoms with Gasteiger partial charge in [0.1, 0.15) is 0 Å². The van der Waals surface area contributed by atoms with Crippen molar-refractivity contribution >= 4 is 11.6 Å². The third-order valence-corrected chi connectivity index (χ3v) is 4.42. The molecule has 0 radical (unpaired) electrons. The van der Waals surface area contributed by atoms with Crippen molar-refractivity contribution in [2.75, 3.05) is 19.7 Å². The average Bonchev–Trinajstić information content (AvgIpc) is 2.85. The molecule has 2 fully saturated rings. The molecule has 5 nitrogen and oxygen atoms in total. The standard InChI is InChI=1S/C14H22N2O3/c1-11-9-12(19-15-11)13(17)16-7-8-18-14(10-16)5-3-2-4-6-14/h12H,2-10H2,1H3. The molecule has 1 saturated heterocycles. The maximum atomic E-state index is 12.4. The highest BCUT2D eigenvalue weighted by atomic mass is 16.6. The molecule has 1 unspecified atom stereocenters. The van der Waals surface area contributed by atoms with Crippen LogP contribution in [-0.2, 0) is 14.4 Å². The smallest absolute Gasteiger partial charge is 0.267 e. The maximum Gasteiger partial charge on any atom is 0.267 e. The van der Waals surface area contributed by atoms with E-state index in [1.807, 2.05) is 11.8 Å². The molecule has 2 heterocycles. The predicted octanol–water partition coefficient (Wildman–Crippen LogP) is 1.71. The molecule has 2 aliphatic heterocycles. The van der Waals surface area contributed by atoms with Gasteiger partial charge in [-0.3, -0.25) is 4.79 Å². The Kier molecular flexibility index (Phi) is 3.48. The number of carbonyl (C=O) groups excluding carboxylic acids is 1. The number of oxime groups is 1. The fourth-order valence-corrected chi connectivity index (χ4v) is 3.36. The number of hydrogen-bond acceptors (Lipinski definition) is 4. The van der Waals surface area contributed by atoms with Crippen LogP contribution in [0.1, 0.15) is 45.4 Å². The predicted molar refractivity (Wildman–Crippen MR) is 70.9 cm³/mol. The second kappa shape index (κ2) is 5.12. The molecule has 1 amide bonds. The second-order valence-electron chi connectivity index (χ2n) is 5.98. The lowest BCUT2D eigenvalue weighted by molar-refractivity contribution is -0.164. The van der Waals surface area contributed by atoms with Crippen LogP contribution in [0.25, 0.3) is 0 Å². The van der Waals surface area contributed by atoms with Crippen LogP contribution in [-0.4, -0.2) is 47.9 Å². The summed E-state index contributed by atoms with van der Waals surface area (Å²) in [7, 11) is 0. The van der Waals surface area contributed by atoms with Crippen LogP contribution < -0.4 is 0 Å². The van der Waals surface area contributed by atoms with Crippen LogP contribution in [0.3, 0.4) is 0 Å². The van der Waals surface area contributed by atoms with E-state index in [4.69, 9.17) is 9.57 Å². The van der Waals surface area contributed by atoms with Gasteiger partial charge in [-0.1, -0.05) is 24.4 Å². The average molecular weight is 266 g/mol. The Morgan fingerprint density at radius 1 is 1.37 bits per heavy atom. The van der Waals surface area contributed by atoms with E-state index in [1.54, 1.807) is 0 Å². The van der Waals surface area contributed by atoms with Crippen molar-refractivity contribution in [2.24, 2.45) is 5.16 Å². The Labute approximate surface area is 113 Å². The van der Waals surface area contributed by atoms with Crippen molar-refractivity contribution in [1.82, 2.24) is 4.90 Å². The molecule has 19 heavy (non-hydrogen) atoms. The minimum atomic E-state index is -0.404. The fourth-order valence-electron chi connectivity index (χ4n) is 3.36. The zero-order chi connectivity index (χ0) is 13.3. The molecule has 3 rings (SSSR count). The summed E-state index contributed by atoms with van der Waals surface area (Å²) in [5, 5.41) is 3.88. The molecule has 0 aromatic rings. The van der Waals surface area contributed by atoms with E-state index in [2.05, 4.69) is 5.16 Å². The van der Waals surface area contributed by atoms with Crippen LogP contribution >= 0.6 is 0 Å². The van der Waals surface area contributed by atoms with Gasteiger partial charge in [0.15, 0.2) is 0 Å². The molecular formula is C14H22N2O3. The summed E-state index contributed by atoms with van der Waals surface area (Å²) in [4.78, 5) is 19.6. The van der Waals surface area contributed by atoms with Gasteiger partial charge in [0.25, 0.3) is 5.91 Å². The zero-order valence-electron chi connectivity index (χ0n) is 11.6. The van der Waals surface area contributed by atoms with Gasteiger partial charge < -0.3 is 14.5 Å². The van der Waals surface area contributed by atoms with Crippen LogP contribution in [0.2, 0.25) is 0 Å². The first-order valence-electron chi connectivity index (χ1n) is 7.31. The van der Waals surface area contributed by atoms with E-state index in [1.165, 1.54) is 19.3 Å². The van der Waals surface area contributed by atoms with Crippen LogP contribution in [0.4, 0.5) is 0 Å². The molecule has 106 valence electrons. The van der Waals surface area contributed by atoms with Crippen molar-refractivity contribution in [3.05, 3.63) is 0 Å². The first-order chi connectivity index (χ1) is 9.19. The molecule has 0 N–H and O–H groups in total. The highest BCUT2D eigenvalue weighted by Gasteiger charge is 2.41. The Morgan fingerprint density at radius 2 is 2.16 bits per heavy atom. The molecule has 0 bridgehead atoms. The first kappa shape index (κ1) is 12.9. The van der Waals surface area contributed by atoms with Gasteiger partial charge in [-0.25, -0.2) is 0 Å². The van der Waals surface area contributed by atoms with Crippen LogP contribution in [0.5, 0.6) is 0 Å². The largest absolute Gasteiger partial charge is 0.382 e. The van der Waals surface area contributed by atoms with Gasteiger partial charge in [-0.2, -0.15) is 0 Å². The van der Waals surface area contributed by atoms with E-state index in [-0.39, 0.29) is 11.5 Å². The number of hydrogen-bond donors (Lipinski definition) is 0. The SMILES string of the molecule is CC1=NOC(C(=O)N2CCOC3(CCCCC3)C2)C1. The minimum Gasteiger partial charge on any atom is -0.382 e. The molecule has 1 spiro atoms. The fraction of sp³-hybridized carbons (Fsp3) is 0.857. The Balaban J connectivity index is 1.63. The Morgan fingerprint density at radius 3 is 2.84 bits per heavy atom. The quantitative estimate of drug-likeness (QED) is 0.726. The highest BCUT2D eigenvalue weighted by Crippen LogP contribution is 2.34. The van der Waals surface area contributed by atoms with E-state index in [0.717, 1.165) is 25.1 Å². The number of ether oxygens (including phenoxy) is 1. The minimum absolute atomic E-state index is 0.0776. The number of nitrogens with zero attached hydrogens (tertiary/aromatic N) is 2. The van der Waals surface area contributed by atoms with Crippen molar-refractivity contribution in [3.63, 3.8) is 0 Å². The van der Waals surface area contributed by atoms with Gasteiger partial charge >= 0.3 is 0 Å². The summed E-state index contributed by atoms with van der Waals surface area (Å²) in [5.41, 5.74) is 0.819. The van der Waals surface area contributed by atoms with E-state index >= 15 is 0 Å². The third kappa shape index (κ3) is 2.61. The van der Waals surface area contributed by atoms with Crippen LogP contribution in [0, 0.1) is 0 Å². The summed E-state index contributed by atoms with van der Waals surface area (Å²) in [5.74, 6) is 0.0776. The lowest BCUT2D eigenvalue weighted by Crippen LogP contribution is -2.56. The lowest BCUT2D eigenvalue weighted by atomic mass is 9.83. The third-order valence-electron chi connectivity index (χ3n) is 4.42. The summed E-state index contributed by atoms with van der Waals surface area (Å²) in [6.07, 6.45) is 6.10. The van der Waals surface area contributed by atoms with Gasteiger partial charge in [-0.05, 0) is 19.8 Å². The zero-order valence-corrected chi connectivity index (χ0v) is 11.6. The molecule has 1 aliphatic carbocycles. The number of carbonyl (C=O) groups is 1. The van der Waals surface area contributed by atoms with Crippen molar-refractivity contribution in [3.8, 4) is 0 Å². The monoisotopic (exact) mass is 266 g/mol. The van der Waals surface area contributed by atoms with Gasteiger partial charge in [0, 0.05) is 19.5 Å². The molecule has 0 aromatic carbocycles. The molecule has 5 heteroatoms. The molecule has 1 saturated carbocycles. The maximum absolute atomic E-state index is 12.4. The van der Waals surface area contributed by atoms with Gasteiger partial charge in [0.05, 0.1) is 17.9 Å². The number of morpholine rings is 1. The number of amides is 1. The summed E-state index contributed by atoms with van der Waals surface area (Å²) in [6, 6.07) is 0. The summed E-state index contributed by atoms with van der Waals surface area (Å²) in [6.45, 7) is 3.96. The molecular weight excluding hydrogens is 244 g/mol.